The second-order valence-electron chi connectivity index (χ2n) is 10.9. The zero-order valence-corrected chi connectivity index (χ0v) is 23.4. The highest BCUT2D eigenvalue weighted by Gasteiger charge is 2.25. The molecule has 3 rings (SSSR count). The first-order valence-electron chi connectivity index (χ1n) is 12.1. The third kappa shape index (κ3) is 7.81. The van der Waals surface area contributed by atoms with E-state index in [2.05, 4.69) is 110 Å². The molecule has 0 heterocycles. The number of hydrogen-bond donors (Lipinski definition) is 1. The summed E-state index contributed by atoms with van der Waals surface area (Å²) in [6.45, 7) is 20.4. The Bertz CT molecular complexity index is 1100. The summed E-state index contributed by atoms with van der Waals surface area (Å²) in [6.07, 6.45) is 2.15. The highest BCUT2D eigenvalue weighted by atomic mass is 32.1. The Morgan fingerprint density at radius 1 is 0.824 bits per heavy atom. The zero-order chi connectivity index (χ0) is 25.5. The van der Waals surface area contributed by atoms with Crippen LogP contribution in [0.15, 0.2) is 66.7 Å². The van der Waals surface area contributed by atoms with Crippen molar-refractivity contribution in [2.45, 2.75) is 73.1 Å². The molecule has 0 aromatic heterocycles. The molecule has 3 aromatic carbocycles. The standard InChI is InChI=1S/C25H34OS.C7H8/c1-9-26-23-18(15-22(27)20-13-11-10-12-17(20)2)14-19(24(3,4)5)16-21(23)25(6,7)8;1-7-5-3-2-4-6-7/h10-16,27H,9H2,1-8H3;2-6H,1H3/b22-15-;. The summed E-state index contributed by atoms with van der Waals surface area (Å²) in [4.78, 5) is 0.958. The second kappa shape index (κ2) is 11.8. The van der Waals surface area contributed by atoms with Crippen molar-refractivity contribution in [3.8, 4) is 5.75 Å². The van der Waals surface area contributed by atoms with Crippen LogP contribution in [0.2, 0.25) is 0 Å². The Labute approximate surface area is 213 Å². The van der Waals surface area contributed by atoms with Crippen molar-refractivity contribution in [2.75, 3.05) is 6.61 Å². The third-order valence-electron chi connectivity index (χ3n) is 5.73. The molecule has 0 aliphatic heterocycles. The fraction of sp³-hybridized carbons (Fsp3) is 0.375. The third-order valence-corrected chi connectivity index (χ3v) is 6.10. The minimum Gasteiger partial charge on any atom is -0.493 e. The molecule has 0 radical (unpaired) electrons. The maximum Gasteiger partial charge on any atom is 0.130 e. The highest BCUT2D eigenvalue weighted by molar-refractivity contribution is 7.90. The first-order valence-corrected chi connectivity index (χ1v) is 12.6. The lowest BCUT2D eigenvalue weighted by Crippen LogP contribution is -2.18. The summed E-state index contributed by atoms with van der Waals surface area (Å²) in [5, 5.41) is 0. The summed E-state index contributed by atoms with van der Waals surface area (Å²) in [5.74, 6) is 0.970. The van der Waals surface area contributed by atoms with E-state index in [9.17, 15) is 0 Å². The van der Waals surface area contributed by atoms with Crippen LogP contribution in [-0.2, 0) is 10.8 Å². The Morgan fingerprint density at radius 3 is 1.88 bits per heavy atom. The van der Waals surface area contributed by atoms with E-state index >= 15 is 0 Å². The summed E-state index contributed by atoms with van der Waals surface area (Å²) >= 11 is 4.84. The predicted molar refractivity (Wildman–Crippen MR) is 154 cm³/mol. The lowest BCUT2D eigenvalue weighted by Gasteiger charge is -2.29. The highest BCUT2D eigenvalue weighted by Crippen LogP contribution is 2.40. The maximum atomic E-state index is 6.15. The molecule has 182 valence electrons. The molecule has 0 saturated heterocycles. The molecule has 2 heteroatoms. The maximum absolute atomic E-state index is 6.15. The van der Waals surface area contributed by atoms with Crippen molar-refractivity contribution in [3.63, 3.8) is 0 Å². The molecule has 3 aromatic rings. The predicted octanol–water partition coefficient (Wildman–Crippen LogP) is 9.41. The number of ether oxygens (including phenoxy) is 1. The summed E-state index contributed by atoms with van der Waals surface area (Å²) in [5.41, 5.74) is 7.41. The van der Waals surface area contributed by atoms with Gasteiger partial charge in [0.05, 0.1) is 6.61 Å². The normalized spacial score (nSPS) is 12.1. The molecule has 0 unspecified atom stereocenters. The summed E-state index contributed by atoms with van der Waals surface area (Å²) < 4.78 is 6.15. The number of hydrogen-bond acceptors (Lipinski definition) is 2. The van der Waals surface area contributed by atoms with E-state index < -0.39 is 0 Å². The largest absolute Gasteiger partial charge is 0.493 e. The molecule has 0 spiro atoms. The minimum absolute atomic E-state index is 0.00617. The van der Waals surface area contributed by atoms with Crippen LogP contribution in [0.4, 0.5) is 0 Å². The molecule has 0 N–H and O–H groups in total. The van der Waals surface area contributed by atoms with Crippen LogP contribution in [0.1, 0.15) is 81.8 Å². The molecule has 34 heavy (non-hydrogen) atoms. The first-order chi connectivity index (χ1) is 15.8. The molecule has 0 fully saturated rings. The van der Waals surface area contributed by atoms with Gasteiger partial charge in [-0.15, -0.1) is 12.6 Å². The van der Waals surface area contributed by atoms with Crippen LogP contribution in [0.5, 0.6) is 5.75 Å². The molecule has 0 bridgehead atoms. The molecular formula is C32H42OS. The van der Waals surface area contributed by atoms with Crippen molar-refractivity contribution in [1.82, 2.24) is 0 Å². The average Bonchev–Trinajstić information content (AvgIpc) is 2.74. The number of benzene rings is 3. The fourth-order valence-electron chi connectivity index (χ4n) is 3.67. The van der Waals surface area contributed by atoms with Crippen LogP contribution < -0.4 is 4.74 Å². The van der Waals surface area contributed by atoms with Crippen molar-refractivity contribution in [2.24, 2.45) is 0 Å². The Kier molecular flexibility index (Phi) is 9.64. The van der Waals surface area contributed by atoms with E-state index in [1.54, 1.807) is 0 Å². The van der Waals surface area contributed by atoms with Crippen molar-refractivity contribution in [3.05, 3.63) is 100 Å². The van der Waals surface area contributed by atoms with Gasteiger partial charge in [0.1, 0.15) is 5.75 Å². The van der Waals surface area contributed by atoms with Crippen LogP contribution in [0.25, 0.3) is 11.0 Å². The van der Waals surface area contributed by atoms with Crippen LogP contribution >= 0.6 is 12.6 Å². The van der Waals surface area contributed by atoms with E-state index in [1.165, 1.54) is 22.3 Å². The minimum atomic E-state index is -0.00617. The molecule has 0 saturated carbocycles. The van der Waals surface area contributed by atoms with Crippen molar-refractivity contribution >= 4 is 23.6 Å². The Balaban J connectivity index is 0.000000497. The van der Waals surface area contributed by atoms with Crippen LogP contribution in [0.3, 0.4) is 0 Å². The van der Waals surface area contributed by atoms with Crippen LogP contribution in [0, 0.1) is 13.8 Å². The SMILES string of the molecule is CCOc1c(/C=C(\S)c2ccccc2C)cc(C(C)(C)C)cc1C(C)(C)C.Cc1ccccc1. The zero-order valence-electron chi connectivity index (χ0n) is 22.5. The van der Waals surface area contributed by atoms with Gasteiger partial charge in [-0.1, -0.05) is 108 Å². The van der Waals surface area contributed by atoms with Gasteiger partial charge in [-0.2, -0.15) is 0 Å². The van der Waals surface area contributed by atoms with Gasteiger partial charge in [0.25, 0.3) is 0 Å². The smallest absolute Gasteiger partial charge is 0.130 e. The molecule has 0 aliphatic rings. The Morgan fingerprint density at radius 2 is 1.41 bits per heavy atom. The number of rotatable bonds is 4. The molecule has 1 nitrogen and oxygen atoms in total. The van der Waals surface area contributed by atoms with E-state index in [0.717, 1.165) is 21.8 Å². The van der Waals surface area contributed by atoms with Gasteiger partial charge < -0.3 is 4.74 Å². The van der Waals surface area contributed by atoms with Gasteiger partial charge in [-0.05, 0) is 60.4 Å². The van der Waals surface area contributed by atoms with Gasteiger partial charge in [0.2, 0.25) is 0 Å². The summed E-state index contributed by atoms with van der Waals surface area (Å²) in [7, 11) is 0. The van der Waals surface area contributed by atoms with E-state index in [-0.39, 0.29) is 10.8 Å². The fourth-order valence-corrected chi connectivity index (χ4v) is 4.06. The van der Waals surface area contributed by atoms with Gasteiger partial charge in [0.15, 0.2) is 0 Å². The summed E-state index contributed by atoms with van der Waals surface area (Å²) in [6, 6.07) is 23.2. The van der Waals surface area contributed by atoms with Crippen LogP contribution in [-0.4, -0.2) is 6.61 Å². The average molecular weight is 475 g/mol. The van der Waals surface area contributed by atoms with Crippen molar-refractivity contribution in [1.29, 1.82) is 0 Å². The quantitative estimate of drug-likeness (QED) is 0.293. The first kappa shape index (κ1) is 27.8. The molecule has 0 atom stereocenters. The topological polar surface area (TPSA) is 9.23 Å². The molecular weight excluding hydrogens is 432 g/mol. The van der Waals surface area contributed by atoms with E-state index in [0.29, 0.717) is 6.61 Å². The number of thiol groups is 1. The second-order valence-corrected chi connectivity index (χ2v) is 11.4. The van der Waals surface area contributed by atoms with Crippen molar-refractivity contribution < 1.29 is 4.74 Å². The Hall–Kier alpha value is -2.45. The monoisotopic (exact) mass is 474 g/mol. The van der Waals surface area contributed by atoms with Gasteiger partial charge >= 0.3 is 0 Å². The van der Waals surface area contributed by atoms with Gasteiger partial charge in [-0.25, -0.2) is 0 Å². The lowest BCUT2D eigenvalue weighted by molar-refractivity contribution is 0.328. The number of aryl methyl sites for hydroxylation is 2. The molecule has 0 aliphatic carbocycles. The van der Waals surface area contributed by atoms with E-state index in [1.807, 2.05) is 25.1 Å². The van der Waals surface area contributed by atoms with Gasteiger partial charge in [-0.3, -0.25) is 0 Å². The van der Waals surface area contributed by atoms with Gasteiger partial charge in [0, 0.05) is 16.0 Å². The lowest BCUT2D eigenvalue weighted by atomic mass is 9.78. The molecule has 0 amide bonds. The van der Waals surface area contributed by atoms with E-state index in [4.69, 9.17) is 17.4 Å².